The van der Waals surface area contributed by atoms with Gasteiger partial charge in [0.2, 0.25) is 0 Å². The summed E-state index contributed by atoms with van der Waals surface area (Å²) in [7, 11) is 0. The van der Waals surface area contributed by atoms with E-state index in [1.165, 1.54) is 31.2 Å². The molecule has 9 heteroatoms. The summed E-state index contributed by atoms with van der Waals surface area (Å²) in [4.78, 5) is 34.4. The number of ether oxygens (including phenoxy) is 2. The van der Waals surface area contributed by atoms with Gasteiger partial charge in [-0.05, 0) is 36.8 Å². The number of anilines is 1. The lowest BCUT2D eigenvalue weighted by molar-refractivity contribution is -0.384. The quantitative estimate of drug-likeness (QED) is 0.208. The fourth-order valence-corrected chi connectivity index (χ4v) is 2.38. The number of hydrogen-bond acceptors (Lipinski definition) is 6. The number of nitro benzene ring substituents is 1. The minimum absolute atomic E-state index is 0.0491. The molecule has 0 heterocycles. The number of esters is 1. The Morgan fingerprint density at radius 3 is 2.60 bits per heavy atom. The number of halogens is 1. The lowest BCUT2D eigenvalue weighted by Gasteiger charge is -2.13. The second-order valence-corrected chi connectivity index (χ2v) is 6.40. The number of nitro groups is 1. The zero-order valence-electron chi connectivity index (χ0n) is 16.0. The highest BCUT2D eigenvalue weighted by molar-refractivity contribution is 6.33. The van der Waals surface area contributed by atoms with Crippen molar-refractivity contribution in [1.29, 1.82) is 0 Å². The molecule has 0 saturated carbocycles. The predicted octanol–water partition coefficient (Wildman–Crippen LogP) is 4.40. The van der Waals surface area contributed by atoms with Gasteiger partial charge in [-0.2, -0.15) is 0 Å². The second-order valence-electron chi connectivity index (χ2n) is 5.99. The molecule has 0 aliphatic carbocycles. The van der Waals surface area contributed by atoms with Crippen LogP contribution in [0.3, 0.4) is 0 Å². The largest absolute Gasteiger partial charge is 0.490 e. The molecule has 156 valence electrons. The van der Waals surface area contributed by atoms with Gasteiger partial charge in [-0.3, -0.25) is 14.9 Å². The third-order valence-corrected chi connectivity index (χ3v) is 4.07. The van der Waals surface area contributed by atoms with Crippen LogP contribution in [0.25, 0.3) is 6.08 Å². The van der Waals surface area contributed by atoms with Crippen molar-refractivity contribution in [3.63, 3.8) is 0 Å². The Morgan fingerprint density at radius 1 is 1.27 bits per heavy atom. The molecule has 0 radical (unpaired) electrons. The molecule has 2 aromatic carbocycles. The number of hydrogen-bond donors (Lipinski definition) is 1. The topological polar surface area (TPSA) is 108 Å². The molecule has 1 atom stereocenters. The Bertz CT molecular complexity index is 972. The molecule has 0 aliphatic rings. The van der Waals surface area contributed by atoms with Gasteiger partial charge < -0.3 is 14.8 Å². The molecule has 2 aromatic rings. The molecule has 30 heavy (non-hydrogen) atoms. The van der Waals surface area contributed by atoms with Gasteiger partial charge >= 0.3 is 5.97 Å². The highest BCUT2D eigenvalue weighted by atomic mass is 35.5. The van der Waals surface area contributed by atoms with Crippen molar-refractivity contribution in [2.75, 3.05) is 11.9 Å². The monoisotopic (exact) mass is 430 g/mol. The van der Waals surface area contributed by atoms with Gasteiger partial charge in [-0.1, -0.05) is 36.4 Å². The van der Waals surface area contributed by atoms with Crippen LogP contribution in [0.1, 0.15) is 12.5 Å². The van der Waals surface area contributed by atoms with E-state index in [9.17, 15) is 19.7 Å². The third kappa shape index (κ3) is 6.75. The molecular formula is C21H19ClN2O6. The minimum Gasteiger partial charge on any atom is -0.490 e. The van der Waals surface area contributed by atoms with Gasteiger partial charge in [0.1, 0.15) is 12.4 Å². The Kier molecular flexibility index (Phi) is 8.13. The van der Waals surface area contributed by atoms with E-state index in [0.29, 0.717) is 12.4 Å². The van der Waals surface area contributed by atoms with Crippen molar-refractivity contribution in [2.45, 2.75) is 13.0 Å². The molecule has 8 nitrogen and oxygen atoms in total. The van der Waals surface area contributed by atoms with Gasteiger partial charge in [0.25, 0.3) is 11.6 Å². The first kappa shape index (κ1) is 22.6. The lowest BCUT2D eigenvalue weighted by Crippen LogP contribution is -2.29. The molecular weight excluding hydrogens is 412 g/mol. The highest BCUT2D eigenvalue weighted by Crippen LogP contribution is 2.26. The normalized spacial score (nSPS) is 11.5. The van der Waals surface area contributed by atoms with Crippen LogP contribution in [0, 0.1) is 10.1 Å². The van der Waals surface area contributed by atoms with E-state index in [-0.39, 0.29) is 16.4 Å². The minimum atomic E-state index is -1.15. The fourth-order valence-electron chi connectivity index (χ4n) is 2.22. The third-order valence-electron chi connectivity index (χ3n) is 3.74. The molecule has 0 spiro atoms. The maximum absolute atomic E-state index is 12.2. The van der Waals surface area contributed by atoms with Crippen LogP contribution in [0.4, 0.5) is 11.4 Å². The molecule has 0 aliphatic heterocycles. The van der Waals surface area contributed by atoms with E-state index in [1.807, 2.05) is 0 Å². The van der Waals surface area contributed by atoms with Crippen molar-refractivity contribution in [1.82, 2.24) is 0 Å². The number of nitrogens with zero attached hydrogens (tertiary/aromatic N) is 1. The summed E-state index contributed by atoms with van der Waals surface area (Å²) in [5.41, 5.74) is 0.551. The van der Waals surface area contributed by atoms with Crippen LogP contribution < -0.4 is 10.1 Å². The van der Waals surface area contributed by atoms with Crippen LogP contribution in [-0.2, 0) is 14.3 Å². The smallest absolute Gasteiger partial charge is 0.331 e. The summed E-state index contributed by atoms with van der Waals surface area (Å²) in [6, 6.07) is 10.6. The van der Waals surface area contributed by atoms with Crippen LogP contribution >= 0.6 is 11.6 Å². The average Bonchev–Trinajstić information content (AvgIpc) is 2.72. The number of amides is 1. The van der Waals surface area contributed by atoms with Crippen LogP contribution in [0.15, 0.2) is 61.2 Å². The molecule has 2 rings (SSSR count). The molecule has 0 bridgehead atoms. The molecule has 1 N–H and O–H groups in total. The number of non-ortho nitro benzene ring substituents is 1. The zero-order chi connectivity index (χ0) is 22.1. The molecule has 1 unspecified atom stereocenters. The summed E-state index contributed by atoms with van der Waals surface area (Å²) in [6.07, 6.45) is 3.20. The number of nitrogens with one attached hydrogen (secondary N) is 1. The zero-order valence-corrected chi connectivity index (χ0v) is 16.8. The second kappa shape index (κ2) is 10.8. The van der Waals surface area contributed by atoms with E-state index < -0.39 is 22.9 Å². The van der Waals surface area contributed by atoms with E-state index in [4.69, 9.17) is 21.1 Å². The summed E-state index contributed by atoms with van der Waals surface area (Å²) >= 11 is 5.94. The predicted molar refractivity (Wildman–Crippen MR) is 113 cm³/mol. The first-order valence-electron chi connectivity index (χ1n) is 8.77. The average molecular weight is 431 g/mol. The number of carbonyl (C=O) groups is 2. The Labute approximate surface area is 177 Å². The Balaban J connectivity index is 1.92. The SMILES string of the molecule is C=CCOc1ccc(/C=C/C(=O)OC(C)C(=O)Nc2cc([N+](=O)[O-])ccc2Cl)cc1. The Hall–Kier alpha value is -3.65. The molecule has 0 saturated heterocycles. The van der Waals surface area contributed by atoms with Crippen molar-refractivity contribution in [3.8, 4) is 5.75 Å². The summed E-state index contributed by atoms with van der Waals surface area (Å²) in [5, 5.41) is 13.4. The maximum atomic E-state index is 12.2. The van der Waals surface area contributed by atoms with E-state index in [2.05, 4.69) is 11.9 Å². The fraction of sp³-hybridized carbons (Fsp3) is 0.143. The van der Waals surface area contributed by atoms with Crippen LogP contribution in [-0.4, -0.2) is 29.5 Å². The maximum Gasteiger partial charge on any atom is 0.331 e. The van der Waals surface area contributed by atoms with Crippen LogP contribution in [0.2, 0.25) is 5.02 Å². The van der Waals surface area contributed by atoms with Gasteiger partial charge in [0.15, 0.2) is 6.10 Å². The van der Waals surface area contributed by atoms with Gasteiger partial charge in [-0.15, -0.1) is 0 Å². The summed E-state index contributed by atoms with van der Waals surface area (Å²) < 4.78 is 10.4. The lowest BCUT2D eigenvalue weighted by atomic mass is 10.2. The Morgan fingerprint density at radius 2 is 1.97 bits per heavy atom. The standard InChI is InChI=1S/C21H19ClN2O6/c1-3-12-29-17-8-4-15(5-9-17)6-11-20(25)30-14(2)21(26)23-19-13-16(24(27)28)7-10-18(19)22/h3-11,13-14H,1,12H2,2H3,(H,23,26)/b11-6+. The van der Waals surface area contributed by atoms with Crippen molar-refractivity contribution < 1.29 is 24.0 Å². The summed E-state index contributed by atoms with van der Waals surface area (Å²) in [5.74, 6) is -0.739. The van der Waals surface area contributed by atoms with Gasteiger partial charge in [0, 0.05) is 18.2 Å². The van der Waals surface area contributed by atoms with Crippen molar-refractivity contribution in [2.24, 2.45) is 0 Å². The number of benzene rings is 2. The molecule has 0 aromatic heterocycles. The van der Waals surface area contributed by atoms with E-state index in [0.717, 1.165) is 11.6 Å². The number of carbonyl (C=O) groups excluding carboxylic acids is 2. The number of rotatable bonds is 9. The van der Waals surface area contributed by atoms with Gasteiger partial charge in [0.05, 0.1) is 15.6 Å². The summed E-state index contributed by atoms with van der Waals surface area (Å²) in [6.45, 7) is 5.33. The highest BCUT2D eigenvalue weighted by Gasteiger charge is 2.19. The van der Waals surface area contributed by atoms with E-state index >= 15 is 0 Å². The first-order chi connectivity index (χ1) is 14.3. The molecule has 0 fully saturated rings. The van der Waals surface area contributed by atoms with Crippen molar-refractivity contribution >= 4 is 40.9 Å². The van der Waals surface area contributed by atoms with Crippen molar-refractivity contribution in [3.05, 3.63) is 81.9 Å². The first-order valence-corrected chi connectivity index (χ1v) is 9.15. The van der Waals surface area contributed by atoms with Crippen LogP contribution in [0.5, 0.6) is 5.75 Å². The van der Waals surface area contributed by atoms with Gasteiger partial charge in [-0.25, -0.2) is 4.79 Å². The molecule has 1 amide bonds. The van der Waals surface area contributed by atoms with E-state index in [1.54, 1.807) is 30.3 Å².